The molecule has 9 heteroatoms. The number of nitrogens with two attached hydrogens (primary N) is 1. The number of morpholine rings is 1. The maximum absolute atomic E-state index is 13.6. The summed E-state index contributed by atoms with van der Waals surface area (Å²) in [6.45, 7) is 3.38. The van der Waals surface area contributed by atoms with E-state index in [4.69, 9.17) is 38.4 Å². The van der Waals surface area contributed by atoms with Crippen LogP contribution in [0.1, 0.15) is 40.7 Å². The number of amides is 2. The first-order chi connectivity index (χ1) is 19.8. The average molecular weight is 597 g/mol. The van der Waals surface area contributed by atoms with Crippen LogP contribution in [0.25, 0.3) is 0 Å². The lowest BCUT2D eigenvalue weighted by Gasteiger charge is -2.45. The Morgan fingerprint density at radius 1 is 0.927 bits per heavy atom. The molecule has 2 heterocycles. The number of ether oxygens (including phenoxy) is 2. The van der Waals surface area contributed by atoms with E-state index in [1.165, 1.54) is 0 Å². The highest BCUT2D eigenvalue weighted by atomic mass is 35.5. The predicted octanol–water partition coefficient (Wildman–Crippen LogP) is 5.28. The first kappa shape index (κ1) is 29.4. The summed E-state index contributed by atoms with van der Waals surface area (Å²) in [6, 6.07) is 22.6. The summed E-state index contributed by atoms with van der Waals surface area (Å²) in [7, 11) is 1.58. The van der Waals surface area contributed by atoms with E-state index >= 15 is 0 Å². The van der Waals surface area contributed by atoms with Gasteiger partial charge in [0.05, 0.1) is 35.7 Å². The van der Waals surface area contributed by atoms with Crippen molar-refractivity contribution in [3.8, 4) is 5.75 Å². The van der Waals surface area contributed by atoms with E-state index in [-0.39, 0.29) is 11.8 Å². The first-order valence-electron chi connectivity index (χ1n) is 13.9. The number of rotatable bonds is 8. The Labute approximate surface area is 251 Å². The van der Waals surface area contributed by atoms with Gasteiger partial charge in [0.2, 0.25) is 5.91 Å². The highest BCUT2D eigenvalue weighted by Crippen LogP contribution is 2.39. The van der Waals surface area contributed by atoms with Gasteiger partial charge in [-0.25, -0.2) is 0 Å². The van der Waals surface area contributed by atoms with Gasteiger partial charge >= 0.3 is 0 Å². The average Bonchev–Trinajstić information content (AvgIpc) is 3.01. The fourth-order valence-corrected chi connectivity index (χ4v) is 6.38. The molecular formula is C32H35Cl2N3O4. The summed E-state index contributed by atoms with van der Waals surface area (Å²) in [5.41, 5.74) is 6.93. The Morgan fingerprint density at radius 3 is 2.37 bits per heavy atom. The number of methoxy groups -OCH3 is 1. The van der Waals surface area contributed by atoms with Crippen molar-refractivity contribution in [1.29, 1.82) is 0 Å². The van der Waals surface area contributed by atoms with Crippen molar-refractivity contribution >= 4 is 35.0 Å². The molecule has 0 spiro atoms. The largest absolute Gasteiger partial charge is 0.497 e. The van der Waals surface area contributed by atoms with Gasteiger partial charge in [0, 0.05) is 18.7 Å². The smallest absolute Gasteiger partial charge is 0.254 e. The highest BCUT2D eigenvalue weighted by molar-refractivity contribution is 6.42. The lowest BCUT2D eigenvalue weighted by atomic mass is 9.72. The van der Waals surface area contributed by atoms with Crippen molar-refractivity contribution in [3.05, 3.63) is 99.5 Å². The number of carbonyl (C=O) groups is 2. The van der Waals surface area contributed by atoms with Gasteiger partial charge in [0.15, 0.2) is 0 Å². The Morgan fingerprint density at radius 2 is 1.68 bits per heavy atom. The molecule has 3 aromatic carbocycles. The number of nitrogens with zero attached hydrogens (tertiary/aromatic N) is 2. The zero-order valence-corrected chi connectivity index (χ0v) is 24.7. The number of likely N-dealkylation sites (tertiary alicyclic amines) is 1. The number of carbonyl (C=O) groups excluding carboxylic acids is 2. The van der Waals surface area contributed by atoms with Gasteiger partial charge < -0.3 is 25.0 Å². The van der Waals surface area contributed by atoms with Gasteiger partial charge in [0.1, 0.15) is 11.4 Å². The van der Waals surface area contributed by atoms with Crippen LogP contribution in [0.5, 0.6) is 5.75 Å². The summed E-state index contributed by atoms with van der Waals surface area (Å²) in [4.78, 5) is 30.4. The number of primary amides is 1. The van der Waals surface area contributed by atoms with E-state index in [1.54, 1.807) is 25.3 Å². The molecule has 3 aromatic rings. The second kappa shape index (κ2) is 12.4. The van der Waals surface area contributed by atoms with E-state index in [0.29, 0.717) is 66.9 Å². The molecule has 1 atom stereocenters. The Kier molecular flexibility index (Phi) is 8.90. The fourth-order valence-electron chi connectivity index (χ4n) is 6.08. The quantitative estimate of drug-likeness (QED) is 0.383. The highest BCUT2D eigenvalue weighted by Gasteiger charge is 2.44. The molecule has 0 saturated carbocycles. The second-order valence-corrected chi connectivity index (χ2v) is 11.6. The van der Waals surface area contributed by atoms with E-state index in [2.05, 4.69) is 4.90 Å². The summed E-state index contributed by atoms with van der Waals surface area (Å²) in [6.07, 6.45) is 1.92. The minimum Gasteiger partial charge on any atom is -0.497 e. The van der Waals surface area contributed by atoms with E-state index in [1.807, 2.05) is 59.5 Å². The summed E-state index contributed by atoms with van der Waals surface area (Å²) < 4.78 is 11.9. The van der Waals surface area contributed by atoms with Gasteiger partial charge in [-0.3, -0.25) is 9.59 Å². The van der Waals surface area contributed by atoms with Crippen molar-refractivity contribution in [3.63, 3.8) is 0 Å². The zero-order valence-electron chi connectivity index (χ0n) is 23.2. The second-order valence-electron chi connectivity index (χ2n) is 10.8. The molecule has 2 aliphatic heterocycles. The number of benzene rings is 3. The topological polar surface area (TPSA) is 85.1 Å². The first-order valence-corrected chi connectivity index (χ1v) is 14.6. The van der Waals surface area contributed by atoms with Crippen LogP contribution in [-0.2, 0) is 20.5 Å². The minimum atomic E-state index is -0.779. The molecule has 2 saturated heterocycles. The van der Waals surface area contributed by atoms with Crippen molar-refractivity contribution in [2.24, 2.45) is 5.73 Å². The predicted molar refractivity (Wildman–Crippen MR) is 161 cm³/mol. The SMILES string of the molecule is COc1cccc(C(=O)N2CCOC(CCN3CCC(C(N)=O)(c4ccccc4)CC3)(c3ccc(Cl)c(Cl)c3)C2)c1. The molecule has 216 valence electrons. The van der Waals surface area contributed by atoms with Gasteiger partial charge in [0.25, 0.3) is 5.91 Å². The van der Waals surface area contributed by atoms with Gasteiger partial charge in [-0.15, -0.1) is 0 Å². The van der Waals surface area contributed by atoms with Crippen LogP contribution in [-0.4, -0.2) is 68.1 Å². The molecule has 41 heavy (non-hydrogen) atoms. The Bertz CT molecular complexity index is 1390. The summed E-state index contributed by atoms with van der Waals surface area (Å²) >= 11 is 12.7. The monoisotopic (exact) mass is 595 g/mol. The summed E-state index contributed by atoms with van der Waals surface area (Å²) in [5.74, 6) is 0.272. The standard InChI is InChI=1S/C32H35Cl2N3O4/c1-40-26-9-5-6-23(20-26)29(38)37-18-19-41-32(22-37,25-10-11-27(33)28(34)21-25)14-17-36-15-12-31(13-16-36,30(35)39)24-7-3-2-4-8-24/h2-11,20-21H,12-19,22H2,1H3,(H2,35,39). The minimum absolute atomic E-state index is 0.0799. The van der Waals surface area contributed by atoms with Gasteiger partial charge in [-0.2, -0.15) is 0 Å². The van der Waals surface area contributed by atoms with E-state index in [0.717, 1.165) is 24.2 Å². The van der Waals surface area contributed by atoms with Crippen LogP contribution >= 0.6 is 23.2 Å². The maximum Gasteiger partial charge on any atom is 0.254 e. The summed E-state index contributed by atoms with van der Waals surface area (Å²) in [5, 5.41) is 0.904. The molecule has 0 radical (unpaired) electrons. The van der Waals surface area contributed by atoms with Crippen LogP contribution in [0.4, 0.5) is 0 Å². The van der Waals surface area contributed by atoms with Crippen molar-refractivity contribution < 1.29 is 19.1 Å². The molecule has 2 aliphatic rings. The van der Waals surface area contributed by atoms with Crippen molar-refractivity contribution in [1.82, 2.24) is 9.80 Å². The lowest BCUT2D eigenvalue weighted by Crippen LogP contribution is -2.54. The molecular weight excluding hydrogens is 561 g/mol. The third kappa shape index (κ3) is 6.09. The molecule has 2 amide bonds. The zero-order chi connectivity index (χ0) is 29.0. The third-order valence-corrected chi connectivity index (χ3v) is 9.31. The molecule has 0 aromatic heterocycles. The normalized spacial score (nSPS) is 20.9. The molecule has 5 rings (SSSR count). The molecule has 7 nitrogen and oxygen atoms in total. The number of piperidine rings is 1. The molecule has 1 unspecified atom stereocenters. The lowest BCUT2D eigenvalue weighted by molar-refractivity contribution is -0.126. The maximum atomic E-state index is 13.6. The molecule has 2 N–H and O–H groups in total. The van der Waals surface area contributed by atoms with Crippen LogP contribution in [0.2, 0.25) is 10.0 Å². The molecule has 0 bridgehead atoms. The fraction of sp³-hybridized carbons (Fsp3) is 0.375. The van der Waals surface area contributed by atoms with E-state index < -0.39 is 11.0 Å². The Hall–Kier alpha value is -3.10. The van der Waals surface area contributed by atoms with Crippen LogP contribution in [0, 0.1) is 0 Å². The van der Waals surface area contributed by atoms with Gasteiger partial charge in [-0.05, 0) is 73.8 Å². The van der Waals surface area contributed by atoms with Crippen molar-refractivity contribution in [2.45, 2.75) is 30.3 Å². The van der Waals surface area contributed by atoms with E-state index in [9.17, 15) is 9.59 Å². The van der Waals surface area contributed by atoms with Crippen molar-refractivity contribution in [2.75, 3.05) is 46.4 Å². The molecule has 0 aliphatic carbocycles. The number of hydrogen-bond donors (Lipinski definition) is 1. The number of hydrogen-bond acceptors (Lipinski definition) is 5. The van der Waals surface area contributed by atoms with Crippen LogP contribution < -0.4 is 10.5 Å². The van der Waals surface area contributed by atoms with Crippen LogP contribution in [0.3, 0.4) is 0 Å². The Balaban J connectivity index is 1.36. The third-order valence-electron chi connectivity index (χ3n) is 8.57. The van der Waals surface area contributed by atoms with Gasteiger partial charge in [-0.1, -0.05) is 65.7 Å². The number of halogens is 2. The van der Waals surface area contributed by atoms with Crippen LogP contribution in [0.15, 0.2) is 72.8 Å². The molecule has 2 fully saturated rings.